The van der Waals surface area contributed by atoms with Crippen molar-refractivity contribution in [3.05, 3.63) is 53.2 Å². The van der Waals surface area contributed by atoms with Gasteiger partial charge in [-0.05, 0) is 24.6 Å². The number of nitrogens with two attached hydrogens (primary N) is 1. The van der Waals surface area contributed by atoms with E-state index >= 15 is 0 Å². The highest BCUT2D eigenvalue weighted by atomic mass is 16.5. The Morgan fingerprint density at radius 3 is 3.00 bits per heavy atom. The van der Waals surface area contributed by atoms with Crippen LogP contribution in [0.5, 0.6) is 5.75 Å². The molecule has 1 aliphatic heterocycles. The van der Waals surface area contributed by atoms with Crippen LogP contribution in [-0.4, -0.2) is 26.9 Å². The molecule has 8 nitrogen and oxygen atoms in total. The Morgan fingerprint density at radius 1 is 1.44 bits per heavy atom. The lowest BCUT2D eigenvalue weighted by atomic mass is 9.93. The Hall–Kier alpha value is -3.44. The third kappa shape index (κ3) is 2.88. The van der Waals surface area contributed by atoms with Crippen LogP contribution in [0.4, 0.5) is 5.82 Å². The van der Waals surface area contributed by atoms with Gasteiger partial charge in [0.25, 0.3) is 0 Å². The van der Waals surface area contributed by atoms with E-state index in [2.05, 4.69) is 21.1 Å². The molecule has 0 saturated heterocycles. The van der Waals surface area contributed by atoms with Gasteiger partial charge in [-0.1, -0.05) is 6.07 Å². The molecule has 0 radical (unpaired) electrons. The van der Waals surface area contributed by atoms with Gasteiger partial charge in [0.2, 0.25) is 0 Å². The highest BCUT2D eigenvalue weighted by Crippen LogP contribution is 2.40. The minimum absolute atomic E-state index is 0.151. The molecule has 8 heteroatoms. The lowest BCUT2D eigenvalue weighted by Gasteiger charge is -2.15. The van der Waals surface area contributed by atoms with Gasteiger partial charge < -0.3 is 15.2 Å². The highest BCUT2D eigenvalue weighted by Gasteiger charge is 2.28. The molecule has 0 fully saturated rings. The lowest BCUT2D eigenvalue weighted by Crippen LogP contribution is -2.06. The molecule has 2 N–H and O–H groups in total. The fourth-order valence-electron chi connectivity index (χ4n) is 3.41. The molecule has 1 atom stereocenters. The number of nitriles is 1. The summed E-state index contributed by atoms with van der Waals surface area (Å²) in [6.45, 7) is 2.82. The maximum atomic E-state index is 9.68. The van der Waals surface area contributed by atoms with Crippen LogP contribution in [0.25, 0.3) is 11.1 Å². The van der Waals surface area contributed by atoms with E-state index < -0.39 is 0 Å². The van der Waals surface area contributed by atoms with E-state index in [0.29, 0.717) is 18.7 Å². The molecule has 0 aliphatic carbocycles. The Morgan fingerprint density at radius 2 is 2.30 bits per heavy atom. The maximum absolute atomic E-state index is 9.68. The first-order valence-corrected chi connectivity index (χ1v) is 8.46. The van der Waals surface area contributed by atoms with Gasteiger partial charge in [0.15, 0.2) is 0 Å². The zero-order valence-electron chi connectivity index (χ0n) is 15.0. The van der Waals surface area contributed by atoms with E-state index in [0.717, 1.165) is 33.7 Å². The third-order valence-corrected chi connectivity index (χ3v) is 4.70. The van der Waals surface area contributed by atoms with E-state index in [-0.39, 0.29) is 11.9 Å². The number of ether oxygens (including phenoxy) is 2. The molecule has 1 aromatic carbocycles. The van der Waals surface area contributed by atoms with E-state index in [4.69, 9.17) is 15.2 Å². The molecule has 3 heterocycles. The molecule has 27 heavy (non-hydrogen) atoms. The number of benzene rings is 1. The Labute approximate surface area is 156 Å². The van der Waals surface area contributed by atoms with Gasteiger partial charge in [-0.3, -0.25) is 0 Å². The molecule has 0 spiro atoms. The van der Waals surface area contributed by atoms with Gasteiger partial charge in [0.1, 0.15) is 35.9 Å². The number of fused-ring (bicyclic) bond motifs is 1. The smallest absolute Gasteiger partial charge is 0.142 e. The maximum Gasteiger partial charge on any atom is 0.142 e. The number of hydrogen-bond acceptors (Lipinski definition) is 7. The van der Waals surface area contributed by atoms with E-state index in [1.165, 1.54) is 6.33 Å². The number of nitrogens with zero attached hydrogens (tertiary/aromatic N) is 5. The van der Waals surface area contributed by atoms with Crippen molar-refractivity contribution < 1.29 is 9.47 Å². The molecule has 1 aliphatic rings. The van der Waals surface area contributed by atoms with Crippen molar-refractivity contribution in [3.8, 4) is 22.9 Å². The fraction of sp³-hybridized carbons (Fsp3) is 0.263. The van der Waals surface area contributed by atoms with Gasteiger partial charge in [0, 0.05) is 16.7 Å². The summed E-state index contributed by atoms with van der Waals surface area (Å²) in [6, 6.07) is 7.98. The molecule has 1 unspecified atom stereocenters. The first kappa shape index (κ1) is 17.0. The van der Waals surface area contributed by atoms with Gasteiger partial charge in [-0.2, -0.15) is 10.4 Å². The van der Waals surface area contributed by atoms with Crippen molar-refractivity contribution in [2.24, 2.45) is 0 Å². The lowest BCUT2D eigenvalue weighted by molar-refractivity contribution is 0.0780. The van der Waals surface area contributed by atoms with Crippen molar-refractivity contribution >= 4 is 5.82 Å². The van der Waals surface area contributed by atoms with Crippen molar-refractivity contribution in [1.82, 2.24) is 19.7 Å². The van der Waals surface area contributed by atoms with Gasteiger partial charge in [-0.25, -0.2) is 14.6 Å². The normalized spacial score (nSPS) is 15.4. The summed E-state index contributed by atoms with van der Waals surface area (Å²) >= 11 is 0. The monoisotopic (exact) mass is 362 g/mol. The SMILES string of the molecule is COc1ccc(-c2c(C#N)c(N)nc3c2COC3C)cc1Cn1cncn1. The van der Waals surface area contributed by atoms with Crippen LogP contribution in [0.3, 0.4) is 0 Å². The van der Waals surface area contributed by atoms with Crippen molar-refractivity contribution in [2.45, 2.75) is 26.2 Å². The molecule has 4 rings (SSSR count). The van der Waals surface area contributed by atoms with Gasteiger partial charge >= 0.3 is 0 Å². The van der Waals surface area contributed by atoms with Crippen molar-refractivity contribution in [1.29, 1.82) is 5.26 Å². The Kier molecular flexibility index (Phi) is 4.22. The summed E-state index contributed by atoms with van der Waals surface area (Å²) in [5.74, 6) is 0.952. The van der Waals surface area contributed by atoms with Gasteiger partial charge in [0.05, 0.1) is 32.1 Å². The van der Waals surface area contributed by atoms with Crippen LogP contribution < -0.4 is 10.5 Å². The average Bonchev–Trinajstić information content (AvgIpc) is 3.31. The van der Waals surface area contributed by atoms with Crippen LogP contribution in [0, 0.1) is 11.3 Å². The summed E-state index contributed by atoms with van der Waals surface area (Å²) in [7, 11) is 1.62. The summed E-state index contributed by atoms with van der Waals surface area (Å²) < 4.78 is 12.9. The standard InChI is InChI=1S/C19H18N6O2/c1-11-18-15(8-27-11)17(14(6-20)19(21)24-18)12-3-4-16(26-2)13(5-12)7-25-10-22-9-23-25/h3-5,9-11H,7-8H2,1-2H3,(H2,21,24). The first-order chi connectivity index (χ1) is 13.1. The fourth-order valence-corrected chi connectivity index (χ4v) is 3.41. The zero-order valence-corrected chi connectivity index (χ0v) is 15.0. The highest BCUT2D eigenvalue weighted by molar-refractivity contribution is 5.80. The second-order valence-corrected chi connectivity index (χ2v) is 6.30. The molecule has 3 aromatic rings. The van der Waals surface area contributed by atoms with Gasteiger partial charge in [-0.15, -0.1) is 0 Å². The molecule has 136 valence electrons. The summed E-state index contributed by atoms with van der Waals surface area (Å²) in [4.78, 5) is 8.37. The van der Waals surface area contributed by atoms with Crippen molar-refractivity contribution in [3.63, 3.8) is 0 Å². The number of pyridine rings is 1. The molecule has 0 amide bonds. The molecular formula is C19H18N6O2. The average molecular weight is 362 g/mol. The van der Waals surface area contributed by atoms with Crippen LogP contribution in [0.1, 0.15) is 35.4 Å². The Balaban J connectivity index is 1.89. The number of hydrogen-bond donors (Lipinski definition) is 1. The second kappa shape index (κ2) is 6.70. The number of methoxy groups -OCH3 is 1. The number of aromatic nitrogens is 4. The molecule has 2 aromatic heterocycles. The summed E-state index contributed by atoms with van der Waals surface area (Å²) in [6.07, 6.45) is 2.98. The van der Waals surface area contributed by atoms with Crippen molar-refractivity contribution in [2.75, 3.05) is 12.8 Å². The first-order valence-electron chi connectivity index (χ1n) is 8.46. The molecule has 0 saturated carbocycles. The van der Waals surface area contributed by atoms with E-state index in [1.807, 2.05) is 25.1 Å². The second-order valence-electron chi connectivity index (χ2n) is 6.30. The van der Waals surface area contributed by atoms with Crippen LogP contribution in [0.15, 0.2) is 30.9 Å². The predicted octanol–water partition coefficient (Wildman–Crippen LogP) is 2.44. The minimum atomic E-state index is -0.151. The zero-order chi connectivity index (χ0) is 19.0. The topological polar surface area (TPSA) is 112 Å². The predicted molar refractivity (Wildman–Crippen MR) is 97.7 cm³/mol. The molecule has 0 bridgehead atoms. The third-order valence-electron chi connectivity index (χ3n) is 4.70. The number of rotatable bonds is 4. The largest absolute Gasteiger partial charge is 0.496 e. The Bertz CT molecular complexity index is 1040. The van der Waals surface area contributed by atoms with E-state index in [1.54, 1.807) is 18.1 Å². The molecular weight excluding hydrogens is 344 g/mol. The van der Waals surface area contributed by atoms with Crippen LogP contribution in [-0.2, 0) is 17.9 Å². The quantitative estimate of drug-likeness (QED) is 0.758. The van der Waals surface area contributed by atoms with Crippen LogP contribution in [0.2, 0.25) is 0 Å². The van der Waals surface area contributed by atoms with Crippen LogP contribution >= 0.6 is 0 Å². The minimum Gasteiger partial charge on any atom is -0.496 e. The number of anilines is 1. The van der Waals surface area contributed by atoms with E-state index in [9.17, 15) is 5.26 Å². The summed E-state index contributed by atoms with van der Waals surface area (Å²) in [5, 5.41) is 13.8. The number of nitrogen functional groups attached to an aromatic ring is 1. The summed E-state index contributed by atoms with van der Waals surface area (Å²) in [5.41, 5.74) is 10.7.